The number of aliphatic hydroxyl groups excluding tert-OH is 1. The average molecular weight is 338 g/mol. The SMILES string of the molecule is COCCNC1C2OCC(O2)C(NCc2ccc(OC)cc2)C1O. The maximum absolute atomic E-state index is 10.7. The van der Waals surface area contributed by atoms with Crippen LogP contribution >= 0.6 is 0 Å². The number of hydrogen-bond donors (Lipinski definition) is 3. The largest absolute Gasteiger partial charge is 0.497 e. The van der Waals surface area contributed by atoms with E-state index in [1.165, 1.54) is 0 Å². The Morgan fingerprint density at radius 1 is 1.17 bits per heavy atom. The van der Waals surface area contributed by atoms with E-state index in [0.29, 0.717) is 26.3 Å². The molecule has 1 aromatic rings. The second kappa shape index (κ2) is 8.24. The van der Waals surface area contributed by atoms with Crippen LogP contribution in [0, 0.1) is 0 Å². The fourth-order valence-corrected chi connectivity index (χ4v) is 3.20. The van der Waals surface area contributed by atoms with Gasteiger partial charge in [-0.1, -0.05) is 12.1 Å². The van der Waals surface area contributed by atoms with Gasteiger partial charge < -0.3 is 34.7 Å². The summed E-state index contributed by atoms with van der Waals surface area (Å²) in [7, 11) is 3.30. The Bertz CT molecular complexity index is 512. The van der Waals surface area contributed by atoms with Crippen LogP contribution < -0.4 is 15.4 Å². The summed E-state index contributed by atoms with van der Waals surface area (Å²) in [4.78, 5) is 0. The minimum absolute atomic E-state index is 0.135. The van der Waals surface area contributed by atoms with E-state index >= 15 is 0 Å². The molecule has 7 nitrogen and oxygen atoms in total. The molecule has 0 radical (unpaired) electrons. The molecule has 2 bridgehead atoms. The molecule has 24 heavy (non-hydrogen) atoms. The Labute approximate surface area is 142 Å². The Hall–Kier alpha value is -1.22. The molecule has 0 aliphatic carbocycles. The Kier molecular flexibility index (Phi) is 6.04. The summed E-state index contributed by atoms with van der Waals surface area (Å²) in [6.07, 6.45) is -1.13. The van der Waals surface area contributed by atoms with E-state index in [1.54, 1.807) is 14.2 Å². The van der Waals surface area contributed by atoms with Crippen molar-refractivity contribution in [2.75, 3.05) is 34.0 Å². The number of ether oxygens (including phenoxy) is 4. The van der Waals surface area contributed by atoms with Crippen LogP contribution in [0.15, 0.2) is 24.3 Å². The topological polar surface area (TPSA) is 81.2 Å². The number of benzene rings is 1. The second-order valence-corrected chi connectivity index (χ2v) is 6.09. The number of methoxy groups -OCH3 is 2. The predicted molar refractivity (Wildman–Crippen MR) is 87.9 cm³/mol. The van der Waals surface area contributed by atoms with Gasteiger partial charge >= 0.3 is 0 Å². The lowest BCUT2D eigenvalue weighted by molar-refractivity contribution is -0.153. The highest BCUT2D eigenvalue weighted by Crippen LogP contribution is 2.28. The van der Waals surface area contributed by atoms with Gasteiger partial charge in [0.05, 0.1) is 38.5 Å². The summed E-state index contributed by atoms with van der Waals surface area (Å²) in [5.74, 6) is 0.828. The van der Waals surface area contributed by atoms with Crippen LogP contribution in [0.25, 0.3) is 0 Å². The highest BCUT2D eigenvalue weighted by molar-refractivity contribution is 5.27. The predicted octanol–water partition coefficient (Wildman–Crippen LogP) is -0.126. The molecule has 7 heteroatoms. The first-order valence-electron chi connectivity index (χ1n) is 8.26. The lowest BCUT2D eigenvalue weighted by Crippen LogP contribution is -2.63. The van der Waals surface area contributed by atoms with Crippen LogP contribution in [0.4, 0.5) is 0 Å². The van der Waals surface area contributed by atoms with E-state index in [9.17, 15) is 5.11 Å². The maximum atomic E-state index is 10.7. The Balaban J connectivity index is 1.58. The van der Waals surface area contributed by atoms with Crippen molar-refractivity contribution in [1.29, 1.82) is 0 Å². The van der Waals surface area contributed by atoms with Gasteiger partial charge in [0.2, 0.25) is 0 Å². The van der Waals surface area contributed by atoms with Gasteiger partial charge in [-0.3, -0.25) is 0 Å². The molecule has 0 amide bonds. The minimum atomic E-state index is -0.591. The Morgan fingerprint density at radius 3 is 2.67 bits per heavy atom. The van der Waals surface area contributed by atoms with Gasteiger partial charge in [-0.25, -0.2) is 0 Å². The van der Waals surface area contributed by atoms with E-state index in [1.807, 2.05) is 24.3 Å². The van der Waals surface area contributed by atoms with Crippen molar-refractivity contribution in [2.24, 2.45) is 0 Å². The number of hydrogen-bond acceptors (Lipinski definition) is 7. The molecule has 2 fully saturated rings. The molecule has 2 aliphatic heterocycles. The van der Waals surface area contributed by atoms with Gasteiger partial charge in [0, 0.05) is 20.2 Å². The molecule has 134 valence electrons. The molecular weight excluding hydrogens is 312 g/mol. The molecule has 1 aromatic carbocycles. The molecule has 0 aromatic heterocycles. The second-order valence-electron chi connectivity index (χ2n) is 6.09. The standard InChI is InChI=1S/C17H26N2O5/c1-21-8-7-18-15-16(20)14(13-10-23-17(15)24-13)19-9-11-3-5-12(22-2)6-4-11/h3-6,13-20H,7-10H2,1-2H3. The van der Waals surface area contributed by atoms with Gasteiger partial charge in [0.15, 0.2) is 6.29 Å². The lowest BCUT2D eigenvalue weighted by atomic mass is 9.95. The molecule has 2 aliphatic rings. The average Bonchev–Trinajstić information content (AvgIpc) is 3.04. The van der Waals surface area contributed by atoms with Crippen LogP contribution in [0.2, 0.25) is 0 Å². The minimum Gasteiger partial charge on any atom is -0.497 e. The van der Waals surface area contributed by atoms with Crippen molar-refractivity contribution in [1.82, 2.24) is 10.6 Å². The summed E-state index contributed by atoms with van der Waals surface area (Å²) >= 11 is 0. The third-order valence-electron chi connectivity index (χ3n) is 4.55. The van der Waals surface area contributed by atoms with Gasteiger partial charge in [-0.15, -0.1) is 0 Å². The number of nitrogens with one attached hydrogen (secondary N) is 2. The molecule has 2 heterocycles. The highest BCUT2D eigenvalue weighted by atomic mass is 16.7. The lowest BCUT2D eigenvalue weighted by Gasteiger charge is -2.39. The number of rotatable bonds is 8. The van der Waals surface area contributed by atoms with Crippen molar-refractivity contribution in [3.05, 3.63) is 29.8 Å². The van der Waals surface area contributed by atoms with Crippen molar-refractivity contribution in [3.63, 3.8) is 0 Å². The summed E-state index contributed by atoms with van der Waals surface area (Å²) in [6, 6.07) is 7.40. The van der Waals surface area contributed by atoms with E-state index in [4.69, 9.17) is 18.9 Å². The third-order valence-corrected chi connectivity index (χ3v) is 4.55. The van der Waals surface area contributed by atoms with Crippen LogP contribution in [-0.4, -0.2) is 69.7 Å². The number of aliphatic hydroxyl groups is 1. The first-order valence-corrected chi connectivity index (χ1v) is 8.26. The molecule has 3 N–H and O–H groups in total. The van der Waals surface area contributed by atoms with E-state index in [2.05, 4.69) is 10.6 Å². The Morgan fingerprint density at radius 2 is 1.96 bits per heavy atom. The summed E-state index contributed by atoms with van der Waals surface area (Å²) in [5.41, 5.74) is 1.12. The highest BCUT2D eigenvalue weighted by Gasteiger charge is 2.49. The first kappa shape index (κ1) is 17.6. The molecule has 0 spiro atoms. The zero-order valence-electron chi connectivity index (χ0n) is 14.1. The van der Waals surface area contributed by atoms with Crippen molar-refractivity contribution in [3.8, 4) is 5.75 Å². The zero-order valence-corrected chi connectivity index (χ0v) is 14.1. The van der Waals surface area contributed by atoms with Gasteiger partial charge in [-0.2, -0.15) is 0 Å². The van der Waals surface area contributed by atoms with E-state index < -0.39 is 12.4 Å². The van der Waals surface area contributed by atoms with Crippen molar-refractivity contribution in [2.45, 2.75) is 37.1 Å². The van der Waals surface area contributed by atoms with Crippen LogP contribution in [0.1, 0.15) is 5.56 Å². The monoisotopic (exact) mass is 338 g/mol. The molecule has 0 saturated carbocycles. The zero-order chi connectivity index (χ0) is 16.9. The first-order chi connectivity index (χ1) is 11.7. The van der Waals surface area contributed by atoms with Crippen molar-refractivity contribution >= 4 is 0 Å². The van der Waals surface area contributed by atoms with Gasteiger partial charge in [0.25, 0.3) is 0 Å². The number of fused-ring (bicyclic) bond motifs is 2. The quantitative estimate of drug-likeness (QED) is 0.570. The van der Waals surface area contributed by atoms with Crippen molar-refractivity contribution < 1.29 is 24.1 Å². The van der Waals surface area contributed by atoms with Gasteiger partial charge in [0.1, 0.15) is 11.9 Å². The molecule has 2 saturated heterocycles. The van der Waals surface area contributed by atoms with Gasteiger partial charge in [-0.05, 0) is 17.7 Å². The van der Waals surface area contributed by atoms with E-state index in [0.717, 1.165) is 11.3 Å². The van der Waals surface area contributed by atoms with Crippen LogP contribution in [-0.2, 0) is 20.8 Å². The summed E-state index contributed by atoms with van der Waals surface area (Å²) in [5, 5.41) is 17.4. The van der Waals surface area contributed by atoms with Crippen LogP contribution in [0.5, 0.6) is 5.75 Å². The maximum Gasteiger partial charge on any atom is 0.176 e. The summed E-state index contributed by atoms with van der Waals surface area (Å²) in [6.45, 7) is 2.34. The molecular formula is C17H26N2O5. The molecule has 3 rings (SSSR count). The summed E-state index contributed by atoms with van der Waals surface area (Å²) < 4.78 is 21.8. The van der Waals surface area contributed by atoms with E-state index in [-0.39, 0.29) is 18.2 Å². The molecule has 5 unspecified atom stereocenters. The normalized spacial score (nSPS) is 32.0. The smallest absolute Gasteiger partial charge is 0.176 e. The molecule has 5 atom stereocenters. The third kappa shape index (κ3) is 3.88. The fraction of sp³-hybridized carbons (Fsp3) is 0.647. The fourth-order valence-electron chi connectivity index (χ4n) is 3.20. The van der Waals surface area contributed by atoms with Crippen LogP contribution in [0.3, 0.4) is 0 Å².